The third-order valence-corrected chi connectivity index (χ3v) is 4.42. The molecule has 0 aliphatic carbocycles. The van der Waals surface area contributed by atoms with Crippen molar-refractivity contribution in [1.82, 2.24) is 9.61 Å². The van der Waals surface area contributed by atoms with Gasteiger partial charge < -0.3 is 0 Å². The van der Waals surface area contributed by atoms with E-state index in [0.717, 1.165) is 5.52 Å². The molecule has 0 spiro atoms. The maximum Gasteiger partial charge on any atom is 0.261 e. The minimum absolute atomic E-state index is 0.162. The van der Waals surface area contributed by atoms with E-state index in [1.54, 1.807) is 35.1 Å². The van der Waals surface area contributed by atoms with Gasteiger partial charge in [0.15, 0.2) is 0 Å². The molecule has 2 aromatic heterocycles. The quantitative estimate of drug-likeness (QED) is 0.809. The van der Waals surface area contributed by atoms with Gasteiger partial charge in [-0.05, 0) is 42.5 Å². The monoisotopic (exact) mass is 307 g/mol. The van der Waals surface area contributed by atoms with Gasteiger partial charge in [0.2, 0.25) is 0 Å². The lowest BCUT2D eigenvalue weighted by molar-refractivity contribution is 0.601. The fourth-order valence-corrected chi connectivity index (χ4v) is 2.99. The van der Waals surface area contributed by atoms with Gasteiger partial charge in [-0.3, -0.25) is 4.72 Å². The number of pyridine rings is 1. The Balaban J connectivity index is 1.94. The van der Waals surface area contributed by atoms with Gasteiger partial charge in [-0.15, -0.1) is 0 Å². The van der Waals surface area contributed by atoms with Crippen LogP contribution in [0.15, 0.2) is 59.8 Å². The topological polar surface area (TPSA) is 63.5 Å². The van der Waals surface area contributed by atoms with Crippen LogP contribution in [0.4, 0.5) is 5.69 Å². The van der Waals surface area contributed by atoms with Crippen molar-refractivity contribution in [3.8, 4) is 0 Å². The van der Waals surface area contributed by atoms with E-state index in [1.807, 2.05) is 0 Å². The van der Waals surface area contributed by atoms with Crippen LogP contribution < -0.4 is 4.72 Å². The molecule has 0 radical (unpaired) electrons. The SMILES string of the molecule is O=S(=O)(Nc1ccn2nccc2c1)c1ccc(Cl)cc1. The van der Waals surface area contributed by atoms with Crippen molar-refractivity contribution >= 4 is 32.8 Å². The summed E-state index contributed by atoms with van der Waals surface area (Å²) in [6.07, 6.45) is 3.34. The molecule has 0 saturated carbocycles. The summed E-state index contributed by atoms with van der Waals surface area (Å²) in [4.78, 5) is 0.162. The Bertz CT molecular complexity index is 857. The smallest absolute Gasteiger partial charge is 0.261 e. The number of anilines is 1. The van der Waals surface area contributed by atoms with E-state index < -0.39 is 10.0 Å². The molecule has 0 saturated heterocycles. The second-order valence-corrected chi connectivity index (χ2v) is 6.29. The third-order valence-electron chi connectivity index (χ3n) is 2.78. The lowest BCUT2D eigenvalue weighted by atomic mass is 10.4. The Labute approximate surface area is 120 Å². The summed E-state index contributed by atoms with van der Waals surface area (Å²) >= 11 is 5.75. The molecule has 1 N–H and O–H groups in total. The van der Waals surface area contributed by atoms with Gasteiger partial charge in [0.05, 0.1) is 16.1 Å². The van der Waals surface area contributed by atoms with Crippen LogP contribution >= 0.6 is 11.6 Å². The number of fused-ring (bicyclic) bond motifs is 1. The van der Waals surface area contributed by atoms with Crippen molar-refractivity contribution in [3.05, 3.63) is 59.9 Å². The first-order valence-corrected chi connectivity index (χ1v) is 7.62. The van der Waals surface area contributed by atoms with Gasteiger partial charge in [-0.1, -0.05) is 11.6 Å². The minimum Gasteiger partial charge on any atom is -0.279 e. The van der Waals surface area contributed by atoms with Gasteiger partial charge in [-0.2, -0.15) is 5.10 Å². The highest BCUT2D eigenvalue weighted by molar-refractivity contribution is 7.92. The van der Waals surface area contributed by atoms with Crippen LogP contribution in [0.1, 0.15) is 0 Å². The molecule has 0 fully saturated rings. The summed E-state index contributed by atoms with van der Waals surface area (Å²) in [5, 5.41) is 4.54. The van der Waals surface area contributed by atoms with Gasteiger partial charge in [-0.25, -0.2) is 12.9 Å². The van der Waals surface area contributed by atoms with Crippen LogP contribution in [0.5, 0.6) is 0 Å². The molecule has 0 aliphatic rings. The Morgan fingerprint density at radius 2 is 1.85 bits per heavy atom. The molecule has 0 atom stereocenters. The summed E-state index contributed by atoms with van der Waals surface area (Å²) in [5.41, 5.74) is 1.29. The number of nitrogens with zero attached hydrogens (tertiary/aromatic N) is 2. The van der Waals surface area contributed by atoms with E-state index >= 15 is 0 Å². The van der Waals surface area contributed by atoms with Crippen molar-refractivity contribution in [2.24, 2.45) is 0 Å². The largest absolute Gasteiger partial charge is 0.279 e. The van der Waals surface area contributed by atoms with Crippen LogP contribution in [0.2, 0.25) is 5.02 Å². The molecule has 2 heterocycles. The molecule has 3 aromatic rings. The van der Waals surface area contributed by atoms with Crippen LogP contribution in [-0.2, 0) is 10.0 Å². The first-order chi connectivity index (χ1) is 9.54. The first-order valence-electron chi connectivity index (χ1n) is 5.76. The molecule has 0 unspecified atom stereocenters. The molecule has 1 aromatic carbocycles. The number of aromatic nitrogens is 2. The second kappa shape index (κ2) is 4.81. The zero-order valence-corrected chi connectivity index (χ0v) is 11.8. The average Bonchev–Trinajstić information content (AvgIpc) is 2.86. The highest BCUT2D eigenvalue weighted by Gasteiger charge is 2.14. The predicted octanol–water partition coefficient (Wildman–Crippen LogP) is 2.79. The molecule has 0 bridgehead atoms. The van der Waals surface area contributed by atoms with E-state index in [4.69, 9.17) is 11.6 Å². The van der Waals surface area contributed by atoms with E-state index in [2.05, 4.69) is 9.82 Å². The Morgan fingerprint density at radius 3 is 2.60 bits per heavy atom. The summed E-state index contributed by atoms with van der Waals surface area (Å²) in [5.74, 6) is 0. The second-order valence-electron chi connectivity index (χ2n) is 4.18. The fraction of sp³-hybridized carbons (Fsp3) is 0. The highest BCUT2D eigenvalue weighted by Crippen LogP contribution is 2.19. The van der Waals surface area contributed by atoms with Gasteiger partial charge in [0.1, 0.15) is 0 Å². The van der Waals surface area contributed by atoms with Crippen LogP contribution in [0.3, 0.4) is 0 Å². The van der Waals surface area contributed by atoms with Gasteiger partial charge in [0, 0.05) is 17.4 Å². The number of benzene rings is 1. The molecule has 0 amide bonds. The third kappa shape index (κ3) is 2.48. The first kappa shape index (κ1) is 13.0. The Kier molecular flexibility index (Phi) is 3.11. The number of nitrogens with one attached hydrogen (secondary N) is 1. The van der Waals surface area contributed by atoms with Crippen LogP contribution in [0.25, 0.3) is 5.52 Å². The summed E-state index contributed by atoms with van der Waals surface area (Å²) < 4.78 is 28.6. The number of hydrogen-bond acceptors (Lipinski definition) is 3. The molecular weight excluding hydrogens is 298 g/mol. The van der Waals surface area contributed by atoms with E-state index in [0.29, 0.717) is 10.7 Å². The summed E-state index contributed by atoms with van der Waals surface area (Å²) in [6, 6.07) is 11.1. The lowest BCUT2D eigenvalue weighted by Gasteiger charge is -2.08. The number of rotatable bonds is 3. The van der Waals surface area contributed by atoms with Crippen molar-refractivity contribution in [1.29, 1.82) is 0 Å². The molecule has 102 valence electrons. The molecule has 3 rings (SSSR count). The number of hydrogen-bond donors (Lipinski definition) is 1. The maximum absolute atomic E-state index is 12.2. The normalized spacial score (nSPS) is 11.7. The van der Waals surface area contributed by atoms with Crippen molar-refractivity contribution in [2.45, 2.75) is 4.90 Å². The van der Waals surface area contributed by atoms with E-state index in [9.17, 15) is 8.42 Å². The number of halogens is 1. The lowest BCUT2D eigenvalue weighted by Crippen LogP contribution is -2.12. The Morgan fingerprint density at radius 1 is 1.10 bits per heavy atom. The van der Waals surface area contributed by atoms with Gasteiger partial charge >= 0.3 is 0 Å². The van der Waals surface area contributed by atoms with Crippen LogP contribution in [-0.4, -0.2) is 18.0 Å². The molecule has 20 heavy (non-hydrogen) atoms. The molecule has 7 heteroatoms. The standard InChI is InChI=1S/C13H10ClN3O2S/c14-10-1-3-13(4-2-10)20(18,19)16-11-6-8-17-12(9-11)5-7-15-17/h1-9,16H. The summed E-state index contributed by atoms with van der Waals surface area (Å²) in [6.45, 7) is 0. The van der Waals surface area contributed by atoms with E-state index in [1.165, 1.54) is 24.3 Å². The highest BCUT2D eigenvalue weighted by atomic mass is 35.5. The summed E-state index contributed by atoms with van der Waals surface area (Å²) in [7, 11) is -3.62. The molecular formula is C13H10ClN3O2S. The molecule has 5 nitrogen and oxygen atoms in total. The zero-order valence-electron chi connectivity index (χ0n) is 10.2. The molecule has 0 aliphatic heterocycles. The minimum atomic E-state index is -3.62. The number of sulfonamides is 1. The van der Waals surface area contributed by atoms with Crippen molar-refractivity contribution in [2.75, 3.05) is 4.72 Å². The fourth-order valence-electron chi connectivity index (χ4n) is 1.81. The van der Waals surface area contributed by atoms with Gasteiger partial charge in [0.25, 0.3) is 10.0 Å². The predicted molar refractivity (Wildman–Crippen MR) is 77.5 cm³/mol. The van der Waals surface area contributed by atoms with Crippen LogP contribution in [0, 0.1) is 0 Å². The Hall–Kier alpha value is -2.05. The maximum atomic E-state index is 12.2. The van der Waals surface area contributed by atoms with Crippen molar-refractivity contribution < 1.29 is 8.42 Å². The van der Waals surface area contributed by atoms with E-state index in [-0.39, 0.29) is 4.90 Å². The van der Waals surface area contributed by atoms with Crippen molar-refractivity contribution in [3.63, 3.8) is 0 Å². The zero-order chi connectivity index (χ0) is 14.2. The average molecular weight is 308 g/mol.